The van der Waals surface area contributed by atoms with Crippen LogP contribution in [0.4, 0.5) is 11.6 Å². The smallest absolute Gasteiger partial charge is 0.334 e. The molecule has 7 nitrogen and oxygen atoms in total. The summed E-state index contributed by atoms with van der Waals surface area (Å²) < 4.78 is 5.17. The zero-order valence-electron chi connectivity index (χ0n) is 10.4. The minimum absolute atomic E-state index is 0.305. The average Bonchev–Trinajstić information content (AvgIpc) is 2.39. The Morgan fingerprint density at radius 1 is 1.56 bits per heavy atom. The second-order valence-corrected chi connectivity index (χ2v) is 4.27. The lowest BCUT2D eigenvalue weighted by Gasteiger charge is -2.31. The molecule has 7 heteroatoms. The monoisotopic (exact) mass is 252 g/mol. The Morgan fingerprint density at radius 2 is 2.33 bits per heavy atom. The number of carboxylic acid groups (broad SMARTS) is 1. The van der Waals surface area contributed by atoms with Crippen LogP contribution in [0.15, 0.2) is 12.4 Å². The molecule has 1 N–H and O–H groups in total. The van der Waals surface area contributed by atoms with Gasteiger partial charge in [0.1, 0.15) is 18.0 Å². The van der Waals surface area contributed by atoms with Crippen LogP contribution < -0.4 is 9.80 Å². The van der Waals surface area contributed by atoms with E-state index < -0.39 is 12.1 Å². The van der Waals surface area contributed by atoms with Gasteiger partial charge in [-0.3, -0.25) is 0 Å². The summed E-state index contributed by atoms with van der Waals surface area (Å²) in [6, 6.07) is 1.84. The van der Waals surface area contributed by atoms with Gasteiger partial charge in [0.25, 0.3) is 0 Å². The largest absolute Gasteiger partial charge is 0.479 e. The number of ether oxygens (including phenoxy) is 1. The van der Waals surface area contributed by atoms with Gasteiger partial charge in [0.15, 0.2) is 6.10 Å². The molecule has 1 aromatic rings. The van der Waals surface area contributed by atoms with Gasteiger partial charge in [0.05, 0.1) is 13.2 Å². The number of hydrogen-bond donors (Lipinski definition) is 1. The summed E-state index contributed by atoms with van der Waals surface area (Å²) in [6.07, 6.45) is 0.687. The van der Waals surface area contributed by atoms with Gasteiger partial charge in [-0.05, 0) is 0 Å². The predicted octanol–water partition coefficient (Wildman–Crippen LogP) is -0.168. The third-order valence-electron chi connectivity index (χ3n) is 2.76. The van der Waals surface area contributed by atoms with Gasteiger partial charge in [-0.25, -0.2) is 14.8 Å². The van der Waals surface area contributed by atoms with Gasteiger partial charge < -0.3 is 19.6 Å². The molecule has 0 bridgehead atoms. The van der Waals surface area contributed by atoms with Crippen molar-refractivity contribution in [1.82, 2.24) is 9.97 Å². The Hall–Kier alpha value is -1.89. The highest BCUT2D eigenvalue weighted by atomic mass is 16.5. The molecule has 1 aromatic heterocycles. The molecular weight excluding hydrogens is 236 g/mol. The standard InChI is InChI=1S/C11H16N4O3/c1-14(2)9-5-10(13-7-12-9)15-3-4-18-8(6-15)11(16)17/h5,7-8H,3-4,6H2,1-2H3,(H,16,17). The van der Waals surface area contributed by atoms with Crippen LogP contribution in [0.5, 0.6) is 0 Å². The second-order valence-electron chi connectivity index (χ2n) is 4.27. The first-order chi connectivity index (χ1) is 8.58. The van der Waals surface area contributed by atoms with Crippen LogP contribution in [0.25, 0.3) is 0 Å². The predicted molar refractivity (Wildman–Crippen MR) is 65.9 cm³/mol. The summed E-state index contributed by atoms with van der Waals surface area (Å²) in [5.41, 5.74) is 0. The molecule has 98 valence electrons. The summed E-state index contributed by atoms with van der Waals surface area (Å²) in [7, 11) is 3.79. The number of nitrogens with zero attached hydrogens (tertiary/aromatic N) is 4. The van der Waals surface area contributed by atoms with E-state index >= 15 is 0 Å². The lowest BCUT2D eigenvalue weighted by atomic mass is 10.2. The van der Waals surface area contributed by atoms with Crippen LogP contribution in [0.1, 0.15) is 0 Å². The Labute approximate surface area is 105 Å². The average molecular weight is 252 g/mol. The molecule has 2 heterocycles. The van der Waals surface area contributed by atoms with Crippen molar-refractivity contribution in [2.24, 2.45) is 0 Å². The number of aromatic nitrogens is 2. The first-order valence-corrected chi connectivity index (χ1v) is 5.66. The number of rotatable bonds is 3. The summed E-state index contributed by atoms with van der Waals surface area (Å²) in [6.45, 7) is 1.32. The van der Waals surface area contributed by atoms with Crippen LogP contribution in [-0.4, -0.2) is 60.9 Å². The van der Waals surface area contributed by atoms with E-state index in [4.69, 9.17) is 9.84 Å². The first kappa shape index (κ1) is 12.6. The third kappa shape index (κ3) is 2.67. The van der Waals surface area contributed by atoms with Gasteiger partial charge in [-0.2, -0.15) is 0 Å². The fraction of sp³-hybridized carbons (Fsp3) is 0.545. The van der Waals surface area contributed by atoms with E-state index in [0.29, 0.717) is 19.7 Å². The van der Waals surface area contributed by atoms with Gasteiger partial charge >= 0.3 is 5.97 Å². The fourth-order valence-electron chi connectivity index (χ4n) is 1.76. The fourth-order valence-corrected chi connectivity index (χ4v) is 1.76. The number of carboxylic acids is 1. The molecule has 0 aliphatic carbocycles. The van der Waals surface area contributed by atoms with Crippen molar-refractivity contribution in [3.8, 4) is 0 Å². The molecule has 1 atom stereocenters. The van der Waals surface area contributed by atoms with E-state index in [-0.39, 0.29) is 0 Å². The minimum Gasteiger partial charge on any atom is -0.479 e. The molecule has 0 spiro atoms. The lowest BCUT2D eigenvalue weighted by molar-refractivity contribution is -0.150. The minimum atomic E-state index is -0.943. The maximum Gasteiger partial charge on any atom is 0.334 e. The van der Waals surface area contributed by atoms with Gasteiger partial charge in [-0.1, -0.05) is 0 Å². The second kappa shape index (κ2) is 5.18. The summed E-state index contributed by atoms with van der Waals surface area (Å²) >= 11 is 0. The number of carbonyl (C=O) groups is 1. The molecule has 1 unspecified atom stereocenters. The van der Waals surface area contributed by atoms with Gasteiger partial charge in [0, 0.05) is 26.7 Å². The zero-order valence-corrected chi connectivity index (χ0v) is 10.4. The number of morpholine rings is 1. The Balaban J connectivity index is 2.15. The Bertz CT molecular complexity index is 438. The van der Waals surface area contributed by atoms with Crippen LogP contribution in [0, 0.1) is 0 Å². The number of aliphatic carboxylic acids is 1. The van der Waals surface area contributed by atoms with Crippen LogP contribution in [0.3, 0.4) is 0 Å². The third-order valence-corrected chi connectivity index (χ3v) is 2.76. The van der Waals surface area contributed by atoms with Crippen LogP contribution in [-0.2, 0) is 9.53 Å². The van der Waals surface area contributed by atoms with E-state index in [2.05, 4.69) is 9.97 Å². The topological polar surface area (TPSA) is 78.8 Å². The van der Waals surface area contributed by atoms with Crippen molar-refractivity contribution in [3.05, 3.63) is 12.4 Å². The maximum absolute atomic E-state index is 10.9. The molecular formula is C11H16N4O3. The molecule has 1 aliphatic heterocycles. The highest BCUT2D eigenvalue weighted by molar-refractivity contribution is 5.73. The van der Waals surface area contributed by atoms with E-state index in [0.717, 1.165) is 11.6 Å². The van der Waals surface area contributed by atoms with Crippen molar-refractivity contribution in [2.75, 3.05) is 43.6 Å². The molecule has 0 aromatic carbocycles. The zero-order chi connectivity index (χ0) is 13.1. The molecule has 0 radical (unpaired) electrons. The quantitative estimate of drug-likeness (QED) is 0.800. The molecule has 1 saturated heterocycles. The lowest BCUT2D eigenvalue weighted by Crippen LogP contribution is -2.46. The molecule has 18 heavy (non-hydrogen) atoms. The van der Waals surface area contributed by atoms with E-state index in [1.807, 2.05) is 30.0 Å². The molecule has 0 saturated carbocycles. The first-order valence-electron chi connectivity index (χ1n) is 5.66. The van der Waals surface area contributed by atoms with Crippen molar-refractivity contribution in [2.45, 2.75) is 6.10 Å². The van der Waals surface area contributed by atoms with Crippen molar-refractivity contribution in [3.63, 3.8) is 0 Å². The van der Waals surface area contributed by atoms with E-state index in [1.54, 1.807) is 0 Å². The van der Waals surface area contributed by atoms with Crippen LogP contribution >= 0.6 is 0 Å². The Morgan fingerprint density at radius 3 is 3.00 bits per heavy atom. The van der Waals surface area contributed by atoms with Crippen molar-refractivity contribution >= 4 is 17.6 Å². The highest BCUT2D eigenvalue weighted by Crippen LogP contribution is 2.18. The van der Waals surface area contributed by atoms with Crippen molar-refractivity contribution < 1.29 is 14.6 Å². The SMILES string of the molecule is CN(C)c1cc(N2CCOC(C(=O)O)C2)ncn1. The van der Waals surface area contributed by atoms with E-state index in [1.165, 1.54) is 6.33 Å². The Kier molecular flexibility index (Phi) is 3.61. The number of anilines is 2. The summed E-state index contributed by atoms with van der Waals surface area (Å²) in [4.78, 5) is 23.0. The molecule has 2 rings (SSSR count). The molecule has 1 fully saturated rings. The van der Waals surface area contributed by atoms with Gasteiger partial charge in [0.2, 0.25) is 0 Å². The normalized spacial score (nSPS) is 19.7. The van der Waals surface area contributed by atoms with E-state index in [9.17, 15) is 4.79 Å². The number of hydrogen-bond acceptors (Lipinski definition) is 6. The van der Waals surface area contributed by atoms with Crippen LogP contribution in [0.2, 0.25) is 0 Å². The highest BCUT2D eigenvalue weighted by Gasteiger charge is 2.27. The van der Waals surface area contributed by atoms with Gasteiger partial charge in [-0.15, -0.1) is 0 Å². The molecule has 0 amide bonds. The summed E-state index contributed by atoms with van der Waals surface area (Å²) in [5, 5.41) is 8.95. The van der Waals surface area contributed by atoms with Crippen molar-refractivity contribution in [1.29, 1.82) is 0 Å². The molecule has 1 aliphatic rings. The maximum atomic E-state index is 10.9. The summed E-state index contributed by atoms with van der Waals surface area (Å²) in [5.74, 6) is 0.572.